The lowest BCUT2D eigenvalue weighted by Gasteiger charge is -2.37. The molecule has 0 aliphatic carbocycles. The van der Waals surface area contributed by atoms with Gasteiger partial charge in [-0.1, -0.05) is 0 Å². The SMILES string of the molecule is CC1CN(C(=O)CN2C(=O)COc3ccc([N+](=O)[O-])cc32)CC(C)O1. The summed E-state index contributed by atoms with van der Waals surface area (Å²) in [6.07, 6.45) is -0.164. The molecule has 0 aromatic heterocycles. The van der Waals surface area contributed by atoms with Gasteiger partial charge in [0.25, 0.3) is 11.6 Å². The molecule has 2 amide bonds. The molecule has 2 aliphatic heterocycles. The highest BCUT2D eigenvalue weighted by Gasteiger charge is 2.32. The minimum absolute atomic E-state index is 0.0820. The Kier molecular flexibility index (Phi) is 4.58. The smallest absolute Gasteiger partial charge is 0.271 e. The number of rotatable bonds is 3. The molecule has 2 heterocycles. The van der Waals surface area contributed by atoms with Gasteiger partial charge in [0.2, 0.25) is 5.91 Å². The van der Waals surface area contributed by atoms with Crippen LogP contribution in [0.15, 0.2) is 18.2 Å². The number of hydrogen-bond acceptors (Lipinski definition) is 6. The zero-order chi connectivity index (χ0) is 18.1. The number of amides is 2. The maximum absolute atomic E-state index is 12.6. The van der Waals surface area contributed by atoms with Gasteiger partial charge in [-0.3, -0.25) is 24.6 Å². The van der Waals surface area contributed by atoms with E-state index in [1.54, 1.807) is 4.90 Å². The quantitative estimate of drug-likeness (QED) is 0.595. The molecule has 0 saturated carbocycles. The highest BCUT2D eigenvalue weighted by atomic mass is 16.6. The number of morpholine rings is 1. The Labute approximate surface area is 144 Å². The third-order valence-electron chi connectivity index (χ3n) is 4.16. The number of anilines is 1. The van der Waals surface area contributed by atoms with E-state index in [4.69, 9.17) is 9.47 Å². The maximum atomic E-state index is 12.6. The number of non-ortho nitro benzene ring substituents is 1. The summed E-state index contributed by atoms with van der Waals surface area (Å²) in [5, 5.41) is 11.0. The lowest BCUT2D eigenvalue weighted by atomic mass is 10.2. The molecule has 9 heteroatoms. The lowest BCUT2D eigenvalue weighted by Crippen LogP contribution is -2.52. The number of benzene rings is 1. The molecular weight excluding hydrogens is 330 g/mol. The number of nitrogens with zero attached hydrogens (tertiary/aromatic N) is 3. The van der Waals surface area contributed by atoms with E-state index >= 15 is 0 Å². The van der Waals surface area contributed by atoms with Crippen LogP contribution in [0.3, 0.4) is 0 Å². The largest absolute Gasteiger partial charge is 0.482 e. The summed E-state index contributed by atoms with van der Waals surface area (Å²) in [7, 11) is 0. The number of nitro benzene ring substituents is 1. The number of fused-ring (bicyclic) bond motifs is 1. The fourth-order valence-corrected chi connectivity index (χ4v) is 3.09. The topological polar surface area (TPSA) is 102 Å². The van der Waals surface area contributed by atoms with Crippen molar-refractivity contribution in [2.24, 2.45) is 0 Å². The fourth-order valence-electron chi connectivity index (χ4n) is 3.09. The van der Waals surface area contributed by atoms with E-state index < -0.39 is 10.8 Å². The van der Waals surface area contributed by atoms with Gasteiger partial charge in [0.15, 0.2) is 6.61 Å². The van der Waals surface area contributed by atoms with Crippen LogP contribution in [0.5, 0.6) is 5.75 Å². The molecule has 2 aliphatic rings. The minimum atomic E-state index is -0.551. The van der Waals surface area contributed by atoms with Crippen LogP contribution >= 0.6 is 0 Å². The Bertz CT molecular complexity index is 712. The maximum Gasteiger partial charge on any atom is 0.271 e. The molecule has 0 spiro atoms. The fraction of sp³-hybridized carbons (Fsp3) is 0.500. The standard InChI is InChI=1S/C16H19N3O6/c1-10-6-17(7-11(2)25-10)15(20)8-18-13-5-12(19(22)23)3-4-14(13)24-9-16(18)21/h3-5,10-11H,6-9H2,1-2H3. The average molecular weight is 349 g/mol. The lowest BCUT2D eigenvalue weighted by molar-refractivity contribution is -0.384. The second kappa shape index (κ2) is 6.67. The predicted octanol–water partition coefficient (Wildman–Crippen LogP) is 0.956. The van der Waals surface area contributed by atoms with E-state index in [1.165, 1.54) is 23.1 Å². The molecule has 2 atom stereocenters. The molecule has 134 valence electrons. The van der Waals surface area contributed by atoms with E-state index in [2.05, 4.69) is 0 Å². The molecule has 2 unspecified atom stereocenters. The number of nitro groups is 1. The van der Waals surface area contributed by atoms with Gasteiger partial charge in [-0.15, -0.1) is 0 Å². The third kappa shape index (κ3) is 3.55. The van der Waals surface area contributed by atoms with Crippen LogP contribution in [0.25, 0.3) is 0 Å². The first-order valence-electron chi connectivity index (χ1n) is 8.00. The summed E-state index contributed by atoms with van der Waals surface area (Å²) in [6, 6.07) is 4.00. The normalized spacial score (nSPS) is 23.0. The van der Waals surface area contributed by atoms with Crippen LogP contribution < -0.4 is 9.64 Å². The Morgan fingerprint density at radius 2 is 2.00 bits per heavy atom. The van der Waals surface area contributed by atoms with Crippen molar-refractivity contribution in [3.8, 4) is 5.75 Å². The average Bonchev–Trinajstić information content (AvgIpc) is 2.56. The van der Waals surface area contributed by atoms with Crippen LogP contribution in [0.1, 0.15) is 13.8 Å². The zero-order valence-corrected chi connectivity index (χ0v) is 14.0. The van der Waals surface area contributed by atoms with Crippen LogP contribution in [0.4, 0.5) is 11.4 Å². The van der Waals surface area contributed by atoms with Crippen molar-refractivity contribution in [3.63, 3.8) is 0 Å². The first-order valence-corrected chi connectivity index (χ1v) is 8.00. The third-order valence-corrected chi connectivity index (χ3v) is 4.16. The number of carbonyl (C=O) groups excluding carboxylic acids is 2. The van der Waals surface area contributed by atoms with E-state index in [0.717, 1.165) is 0 Å². The van der Waals surface area contributed by atoms with Crippen molar-refractivity contribution in [3.05, 3.63) is 28.3 Å². The van der Waals surface area contributed by atoms with Gasteiger partial charge in [0, 0.05) is 25.2 Å². The predicted molar refractivity (Wildman–Crippen MR) is 87.5 cm³/mol. The van der Waals surface area contributed by atoms with Gasteiger partial charge in [0.05, 0.1) is 22.8 Å². The molecule has 1 saturated heterocycles. The monoisotopic (exact) mass is 349 g/mol. The molecule has 1 aromatic rings. The molecule has 25 heavy (non-hydrogen) atoms. The van der Waals surface area contributed by atoms with Gasteiger partial charge in [-0.2, -0.15) is 0 Å². The summed E-state index contributed by atoms with van der Waals surface area (Å²) >= 11 is 0. The second-order valence-electron chi connectivity index (χ2n) is 6.23. The number of ether oxygens (including phenoxy) is 2. The summed E-state index contributed by atoms with van der Waals surface area (Å²) < 4.78 is 10.9. The molecule has 1 aromatic carbocycles. The Morgan fingerprint density at radius 3 is 2.64 bits per heavy atom. The van der Waals surface area contributed by atoms with Crippen LogP contribution in [0.2, 0.25) is 0 Å². The van der Waals surface area contributed by atoms with Gasteiger partial charge in [-0.05, 0) is 19.9 Å². The van der Waals surface area contributed by atoms with E-state index in [9.17, 15) is 19.7 Å². The zero-order valence-electron chi connectivity index (χ0n) is 14.0. The second-order valence-corrected chi connectivity index (χ2v) is 6.23. The van der Waals surface area contributed by atoms with Crippen molar-refractivity contribution in [2.45, 2.75) is 26.1 Å². The van der Waals surface area contributed by atoms with E-state index in [0.29, 0.717) is 18.8 Å². The Morgan fingerprint density at radius 1 is 1.32 bits per heavy atom. The van der Waals surface area contributed by atoms with Gasteiger partial charge in [-0.25, -0.2) is 0 Å². The summed E-state index contributed by atoms with van der Waals surface area (Å²) in [4.78, 5) is 38.2. The van der Waals surface area contributed by atoms with Crippen molar-refractivity contribution in [2.75, 3.05) is 31.1 Å². The number of hydrogen-bond donors (Lipinski definition) is 0. The first kappa shape index (κ1) is 17.2. The molecule has 1 fully saturated rings. The van der Waals surface area contributed by atoms with E-state index in [-0.39, 0.29) is 42.6 Å². The highest BCUT2D eigenvalue weighted by Crippen LogP contribution is 2.35. The molecule has 0 bridgehead atoms. The first-order chi connectivity index (χ1) is 11.8. The van der Waals surface area contributed by atoms with Crippen molar-refractivity contribution in [1.29, 1.82) is 0 Å². The number of carbonyl (C=O) groups is 2. The molecule has 0 radical (unpaired) electrons. The summed E-state index contributed by atoms with van der Waals surface area (Å²) in [6.45, 7) is 4.28. The molecule has 9 nitrogen and oxygen atoms in total. The van der Waals surface area contributed by atoms with Crippen LogP contribution in [0, 0.1) is 10.1 Å². The van der Waals surface area contributed by atoms with Gasteiger partial charge in [0.1, 0.15) is 12.3 Å². The van der Waals surface area contributed by atoms with Crippen molar-refractivity contribution in [1.82, 2.24) is 4.90 Å². The van der Waals surface area contributed by atoms with Gasteiger partial charge >= 0.3 is 0 Å². The van der Waals surface area contributed by atoms with Crippen LogP contribution in [-0.2, 0) is 14.3 Å². The molecule has 3 rings (SSSR count). The Balaban J connectivity index is 1.82. The Hall–Kier alpha value is -2.68. The van der Waals surface area contributed by atoms with Crippen molar-refractivity contribution >= 4 is 23.2 Å². The highest BCUT2D eigenvalue weighted by molar-refractivity contribution is 6.02. The molecular formula is C16H19N3O6. The van der Waals surface area contributed by atoms with Crippen molar-refractivity contribution < 1.29 is 24.0 Å². The minimum Gasteiger partial charge on any atom is -0.482 e. The summed E-state index contributed by atoms with van der Waals surface area (Å²) in [5.74, 6) is -0.285. The van der Waals surface area contributed by atoms with Crippen LogP contribution in [-0.4, -0.2) is 60.1 Å². The van der Waals surface area contributed by atoms with E-state index in [1.807, 2.05) is 13.8 Å². The van der Waals surface area contributed by atoms with Gasteiger partial charge < -0.3 is 14.4 Å². The summed E-state index contributed by atoms with van der Waals surface area (Å²) in [5.41, 5.74) is 0.0799. The molecule has 0 N–H and O–H groups in total.